The van der Waals surface area contributed by atoms with E-state index in [9.17, 15) is 4.79 Å². The number of ketones is 1. The Balaban J connectivity index is 2.17. The van der Waals surface area contributed by atoms with Crippen LogP contribution in [0.3, 0.4) is 0 Å². The van der Waals surface area contributed by atoms with Crippen LogP contribution < -0.4 is 0 Å². The van der Waals surface area contributed by atoms with Crippen LogP contribution in [0.25, 0.3) is 0 Å². The molecular weight excluding hydrogens is 226 g/mol. The van der Waals surface area contributed by atoms with Gasteiger partial charge < -0.3 is 4.84 Å². The molecule has 1 aliphatic heterocycles. The van der Waals surface area contributed by atoms with Crippen molar-refractivity contribution in [2.75, 3.05) is 0 Å². The molecule has 1 saturated heterocycles. The lowest BCUT2D eigenvalue weighted by Crippen LogP contribution is -2.60. The molecule has 2 aliphatic rings. The minimum atomic E-state index is -0.225. The van der Waals surface area contributed by atoms with Gasteiger partial charge in [-0.05, 0) is 53.0 Å². The van der Waals surface area contributed by atoms with Crippen LogP contribution >= 0.6 is 0 Å². The fraction of sp³-hybridized carbons (Fsp3) is 0.800. The lowest BCUT2D eigenvalue weighted by molar-refractivity contribution is -0.252. The Hall–Kier alpha value is -0.830. The second-order valence-electron chi connectivity index (χ2n) is 6.82. The summed E-state index contributed by atoms with van der Waals surface area (Å²) in [6, 6.07) is 0. The van der Waals surface area contributed by atoms with Crippen molar-refractivity contribution < 1.29 is 9.63 Å². The topological polar surface area (TPSA) is 29.5 Å². The van der Waals surface area contributed by atoms with E-state index in [0.717, 1.165) is 18.6 Å². The van der Waals surface area contributed by atoms with Crippen LogP contribution in [0, 0.1) is 0 Å². The molecule has 0 radical (unpaired) electrons. The molecule has 1 heterocycles. The molecule has 3 heteroatoms. The van der Waals surface area contributed by atoms with E-state index in [1.165, 1.54) is 12.8 Å². The molecule has 1 fully saturated rings. The number of hydrogen-bond donors (Lipinski definition) is 0. The van der Waals surface area contributed by atoms with Gasteiger partial charge >= 0.3 is 0 Å². The highest BCUT2D eigenvalue weighted by molar-refractivity contribution is 5.81. The van der Waals surface area contributed by atoms with E-state index in [2.05, 4.69) is 38.8 Å². The quantitative estimate of drug-likeness (QED) is 0.751. The van der Waals surface area contributed by atoms with E-state index in [-0.39, 0.29) is 11.1 Å². The van der Waals surface area contributed by atoms with Gasteiger partial charge in [-0.1, -0.05) is 0 Å². The molecule has 102 valence electrons. The first-order chi connectivity index (χ1) is 8.31. The van der Waals surface area contributed by atoms with Gasteiger partial charge in [-0.2, -0.15) is 0 Å². The lowest BCUT2D eigenvalue weighted by atomic mass is 9.81. The molecule has 1 aliphatic carbocycles. The lowest BCUT2D eigenvalue weighted by Gasteiger charge is -2.50. The van der Waals surface area contributed by atoms with Gasteiger partial charge in [-0.25, -0.2) is 0 Å². The second kappa shape index (κ2) is 4.69. The number of Topliss-reactive ketones (excluding diaryl/α,β-unsaturated/α-hetero) is 1. The van der Waals surface area contributed by atoms with Crippen molar-refractivity contribution in [3.8, 4) is 0 Å². The Morgan fingerprint density at radius 2 is 1.72 bits per heavy atom. The van der Waals surface area contributed by atoms with Gasteiger partial charge in [0.05, 0.1) is 11.1 Å². The summed E-state index contributed by atoms with van der Waals surface area (Å²) in [6.07, 6.45) is 7.96. The van der Waals surface area contributed by atoms with E-state index in [4.69, 9.17) is 4.84 Å². The van der Waals surface area contributed by atoms with Crippen molar-refractivity contribution in [3.63, 3.8) is 0 Å². The minimum absolute atomic E-state index is 0.225. The number of nitrogens with zero attached hydrogens (tertiary/aromatic N) is 1. The van der Waals surface area contributed by atoms with E-state index in [0.29, 0.717) is 18.6 Å². The van der Waals surface area contributed by atoms with Crippen LogP contribution in [0.1, 0.15) is 66.2 Å². The van der Waals surface area contributed by atoms with Crippen LogP contribution in [0.15, 0.2) is 11.8 Å². The predicted molar refractivity (Wildman–Crippen MR) is 71.9 cm³/mol. The van der Waals surface area contributed by atoms with Crippen LogP contribution in [-0.2, 0) is 9.63 Å². The standard InChI is InChI=1S/C15H25NO2/c1-14(2)10-12(17)11-15(3,4)16(14)18-13-8-6-5-7-9-13/h8H,5-7,9-11H2,1-4H3. The molecule has 18 heavy (non-hydrogen) atoms. The number of hydrogen-bond acceptors (Lipinski definition) is 3. The smallest absolute Gasteiger partial charge is 0.136 e. The van der Waals surface area contributed by atoms with Crippen molar-refractivity contribution in [2.45, 2.75) is 77.3 Å². The van der Waals surface area contributed by atoms with Crippen molar-refractivity contribution in [3.05, 3.63) is 11.8 Å². The monoisotopic (exact) mass is 251 g/mol. The van der Waals surface area contributed by atoms with Gasteiger partial charge in [0.1, 0.15) is 11.5 Å². The maximum Gasteiger partial charge on any atom is 0.136 e. The van der Waals surface area contributed by atoms with E-state index in [1.807, 2.05) is 0 Å². The zero-order chi connectivity index (χ0) is 13.4. The molecule has 0 saturated carbocycles. The Kier molecular flexibility index (Phi) is 3.54. The zero-order valence-corrected chi connectivity index (χ0v) is 12.1. The summed E-state index contributed by atoms with van der Waals surface area (Å²) in [5.41, 5.74) is -0.450. The molecule has 0 spiro atoms. The first-order valence-electron chi connectivity index (χ1n) is 7.00. The molecule has 3 nitrogen and oxygen atoms in total. The van der Waals surface area contributed by atoms with Gasteiger partial charge in [0, 0.05) is 19.3 Å². The number of allylic oxidation sites excluding steroid dienone is 2. The highest BCUT2D eigenvalue weighted by atomic mass is 16.7. The van der Waals surface area contributed by atoms with Crippen molar-refractivity contribution in [1.82, 2.24) is 5.06 Å². The Morgan fingerprint density at radius 3 is 2.22 bits per heavy atom. The Morgan fingerprint density at radius 1 is 1.11 bits per heavy atom. The first-order valence-corrected chi connectivity index (χ1v) is 7.00. The van der Waals surface area contributed by atoms with Crippen LogP contribution in [-0.4, -0.2) is 21.9 Å². The average molecular weight is 251 g/mol. The number of piperidine rings is 1. The molecule has 0 unspecified atom stereocenters. The predicted octanol–water partition coefficient (Wildman–Crippen LogP) is 3.60. The molecule has 0 aromatic rings. The normalized spacial score (nSPS) is 27.8. The fourth-order valence-corrected chi connectivity index (χ4v) is 3.25. The summed E-state index contributed by atoms with van der Waals surface area (Å²) in [6.45, 7) is 8.37. The maximum atomic E-state index is 11.8. The van der Waals surface area contributed by atoms with E-state index < -0.39 is 0 Å². The van der Waals surface area contributed by atoms with Crippen molar-refractivity contribution in [2.24, 2.45) is 0 Å². The summed E-state index contributed by atoms with van der Waals surface area (Å²) in [7, 11) is 0. The second-order valence-corrected chi connectivity index (χ2v) is 6.82. The van der Waals surface area contributed by atoms with Crippen LogP contribution in [0.4, 0.5) is 0 Å². The molecule has 0 amide bonds. The number of carbonyl (C=O) groups is 1. The molecule has 0 aromatic carbocycles. The molecule has 0 bridgehead atoms. The average Bonchev–Trinajstić information content (AvgIpc) is 2.23. The number of carbonyl (C=O) groups excluding carboxylic acids is 1. The molecule has 0 aromatic heterocycles. The molecular formula is C15H25NO2. The Labute approximate surface area is 110 Å². The van der Waals surface area contributed by atoms with Gasteiger partial charge in [0.2, 0.25) is 0 Å². The van der Waals surface area contributed by atoms with E-state index >= 15 is 0 Å². The number of hydroxylamine groups is 2. The van der Waals surface area contributed by atoms with Crippen LogP contribution in [0.2, 0.25) is 0 Å². The summed E-state index contributed by atoms with van der Waals surface area (Å²) >= 11 is 0. The SMILES string of the molecule is CC1(C)CC(=O)CC(C)(C)N1OC1=CCCCC1. The summed E-state index contributed by atoms with van der Waals surface area (Å²) in [5, 5.41) is 2.05. The van der Waals surface area contributed by atoms with Crippen LogP contribution in [0.5, 0.6) is 0 Å². The maximum absolute atomic E-state index is 11.8. The third-order valence-electron chi connectivity index (χ3n) is 3.82. The highest BCUT2D eigenvalue weighted by Crippen LogP contribution is 2.38. The highest BCUT2D eigenvalue weighted by Gasteiger charge is 2.47. The van der Waals surface area contributed by atoms with E-state index in [1.54, 1.807) is 0 Å². The van der Waals surface area contributed by atoms with Gasteiger partial charge in [0.15, 0.2) is 0 Å². The van der Waals surface area contributed by atoms with Crippen molar-refractivity contribution >= 4 is 5.78 Å². The van der Waals surface area contributed by atoms with Gasteiger partial charge in [-0.3, -0.25) is 4.79 Å². The summed E-state index contributed by atoms with van der Waals surface area (Å²) < 4.78 is 0. The van der Waals surface area contributed by atoms with Gasteiger partial charge in [0.25, 0.3) is 0 Å². The third kappa shape index (κ3) is 2.77. The first kappa shape index (κ1) is 13.6. The largest absolute Gasteiger partial charge is 0.410 e. The number of rotatable bonds is 2. The summed E-state index contributed by atoms with van der Waals surface area (Å²) in [5.74, 6) is 1.42. The molecule has 2 rings (SSSR count). The van der Waals surface area contributed by atoms with Crippen molar-refractivity contribution in [1.29, 1.82) is 0 Å². The summed E-state index contributed by atoms with van der Waals surface area (Å²) in [4.78, 5) is 18.0. The minimum Gasteiger partial charge on any atom is -0.410 e. The molecule has 0 atom stereocenters. The molecule has 0 N–H and O–H groups in total. The van der Waals surface area contributed by atoms with Gasteiger partial charge in [-0.15, -0.1) is 5.06 Å². The fourth-order valence-electron chi connectivity index (χ4n) is 3.25. The third-order valence-corrected chi connectivity index (χ3v) is 3.82. The zero-order valence-electron chi connectivity index (χ0n) is 12.1. The Bertz CT molecular complexity index is 349.